The Morgan fingerprint density at radius 2 is 1.60 bits per heavy atom. The number of carbonyl (C=O) groups excluding carboxylic acids is 2. The molecular weight excluding hydrogens is 569 g/mol. The van der Waals surface area contributed by atoms with Gasteiger partial charge in [0.25, 0.3) is 0 Å². The number of hydrogen-bond donors (Lipinski definition) is 1. The summed E-state index contributed by atoms with van der Waals surface area (Å²) >= 11 is 12.6. The number of amides is 2. The number of benzene rings is 3. The van der Waals surface area contributed by atoms with E-state index in [2.05, 4.69) is 5.32 Å². The summed E-state index contributed by atoms with van der Waals surface area (Å²) in [5.41, 5.74) is 1.57. The Morgan fingerprint density at radius 1 is 0.950 bits per heavy atom. The SMILES string of the molecule is CCCNC(=O)[C@@H](Cc1ccccc1)N(Cc1ccc(Cl)cc1Cl)C(=O)CCCN(C)S(=O)(=O)c1ccccc1. The highest BCUT2D eigenvalue weighted by atomic mass is 35.5. The number of sulfonamides is 1. The van der Waals surface area contributed by atoms with E-state index < -0.39 is 16.1 Å². The first-order valence-electron chi connectivity index (χ1n) is 13.2. The van der Waals surface area contributed by atoms with Crippen molar-refractivity contribution in [1.29, 1.82) is 0 Å². The van der Waals surface area contributed by atoms with Crippen LogP contribution in [0.1, 0.15) is 37.3 Å². The van der Waals surface area contributed by atoms with E-state index in [0.29, 0.717) is 28.6 Å². The highest BCUT2D eigenvalue weighted by molar-refractivity contribution is 7.89. The molecule has 1 N–H and O–H groups in total. The van der Waals surface area contributed by atoms with Crippen LogP contribution in [0.15, 0.2) is 83.8 Å². The average molecular weight is 605 g/mol. The molecule has 0 aliphatic rings. The number of carbonyl (C=O) groups is 2. The van der Waals surface area contributed by atoms with E-state index in [4.69, 9.17) is 23.2 Å². The van der Waals surface area contributed by atoms with E-state index in [-0.39, 0.29) is 42.6 Å². The molecule has 0 radical (unpaired) electrons. The van der Waals surface area contributed by atoms with Gasteiger partial charge in [0.1, 0.15) is 6.04 Å². The molecule has 0 bridgehead atoms. The van der Waals surface area contributed by atoms with Gasteiger partial charge in [0, 0.05) is 49.6 Å². The lowest BCUT2D eigenvalue weighted by atomic mass is 10.0. The topological polar surface area (TPSA) is 86.8 Å². The van der Waals surface area contributed by atoms with Gasteiger partial charge in [-0.1, -0.05) is 84.7 Å². The van der Waals surface area contributed by atoms with Crippen LogP contribution < -0.4 is 5.32 Å². The lowest BCUT2D eigenvalue weighted by molar-refractivity contribution is -0.141. The fourth-order valence-corrected chi connectivity index (χ4v) is 5.94. The molecule has 3 rings (SSSR count). The summed E-state index contributed by atoms with van der Waals surface area (Å²) in [6.07, 6.45) is 1.39. The fraction of sp³-hybridized carbons (Fsp3) is 0.333. The van der Waals surface area contributed by atoms with Crippen LogP contribution in [0.3, 0.4) is 0 Å². The maximum absolute atomic E-state index is 13.7. The van der Waals surface area contributed by atoms with Crippen LogP contribution in [0.25, 0.3) is 0 Å². The standard InChI is InChI=1S/C30H35Cl2N3O4S/c1-3-18-33-30(37)28(20-23-11-6-4-7-12-23)35(22-24-16-17-25(31)21-27(24)32)29(36)15-10-19-34(2)40(38,39)26-13-8-5-9-14-26/h4-9,11-14,16-17,21,28H,3,10,15,18-20,22H2,1-2H3,(H,33,37)/t28-/m1/s1. The van der Waals surface area contributed by atoms with Gasteiger partial charge < -0.3 is 10.2 Å². The lowest BCUT2D eigenvalue weighted by Gasteiger charge is -2.32. The molecule has 0 unspecified atom stereocenters. The largest absolute Gasteiger partial charge is 0.354 e. The van der Waals surface area contributed by atoms with Gasteiger partial charge in [0.05, 0.1) is 4.90 Å². The first-order chi connectivity index (χ1) is 19.1. The quantitative estimate of drug-likeness (QED) is 0.261. The predicted molar refractivity (Wildman–Crippen MR) is 160 cm³/mol. The monoisotopic (exact) mass is 603 g/mol. The summed E-state index contributed by atoms with van der Waals surface area (Å²) in [5, 5.41) is 3.80. The number of hydrogen-bond acceptors (Lipinski definition) is 4. The zero-order valence-corrected chi connectivity index (χ0v) is 25.1. The van der Waals surface area contributed by atoms with Crippen molar-refractivity contribution in [1.82, 2.24) is 14.5 Å². The third-order valence-electron chi connectivity index (χ3n) is 6.49. The molecule has 1 atom stereocenters. The van der Waals surface area contributed by atoms with Gasteiger partial charge in [-0.2, -0.15) is 0 Å². The first-order valence-corrected chi connectivity index (χ1v) is 15.4. The van der Waals surface area contributed by atoms with Crippen LogP contribution in [-0.4, -0.2) is 55.6 Å². The molecule has 0 saturated carbocycles. The molecule has 214 valence electrons. The van der Waals surface area contributed by atoms with Crippen molar-refractivity contribution in [3.8, 4) is 0 Å². The molecule has 10 heteroatoms. The smallest absolute Gasteiger partial charge is 0.243 e. The van der Waals surface area contributed by atoms with Crippen molar-refractivity contribution in [2.75, 3.05) is 20.1 Å². The zero-order valence-electron chi connectivity index (χ0n) is 22.7. The van der Waals surface area contributed by atoms with Crippen LogP contribution in [0.5, 0.6) is 0 Å². The zero-order chi connectivity index (χ0) is 29.1. The summed E-state index contributed by atoms with van der Waals surface area (Å²) < 4.78 is 27.0. The maximum Gasteiger partial charge on any atom is 0.243 e. The number of nitrogens with zero attached hydrogens (tertiary/aromatic N) is 2. The molecule has 0 aromatic heterocycles. The van der Waals surface area contributed by atoms with Gasteiger partial charge in [-0.3, -0.25) is 9.59 Å². The number of nitrogens with one attached hydrogen (secondary N) is 1. The average Bonchev–Trinajstić information content (AvgIpc) is 2.95. The molecule has 0 fully saturated rings. The molecule has 40 heavy (non-hydrogen) atoms. The van der Waals surface area contributed by atoms with E-state index >= 15 is 0 Å². The second kappa shape index (κ2) is 15.2. The Labute approximate surface area is 247 Å². The van der Waals surface area contributed by atoms with E-state index in [1.165, 1.54) is 23.5 Å². The minimum absolute atomic E-state index is 0.0478. The second-order valence-corrected chi connectivity index (χ2v) is 12.4. The Hall–Kier alpha value is -2.91. The normalized spacial score (nSPS) is 12.2. The molecule has 0 spiro atoms. The minimum Gasteiger partial charge on any atom is -0.354 e. The third kappa shape index (κ3) is 8.80. The molecule has 7 nitrogen and oxygen atoms in total. The second-order valence-electron chi connectivity index (χ2n) is 9.50. The summed E-state index contributed by atoms with van der Waals surface area (Å²) in [4.78, 5) is 28.9. The Kier molecular flexibility index (Phi) is 12.0. The Morgan fingerprint density at radius 3 is 2.23 bits per heavy atom. The van der Waals surface area contributed by atoms with E-state index in [9.17, 15) is 18.0 Å². The predicted octanol–water partition coefficient (Wildman–Crippen LogP) is 5.56. The van der Waals surface area contributed by atoms with Gasteiger partial charge in [-0.25, -0.2) is 12.7 Å². The van der Waals surface area contributed by atoms with Crippen molar-refractivity contribution in [3.63, 3.8) is 0 Å². The number of halogens is 2. The highest BCUT2D eigenvalue weighted by Crippen LogP contribution is 2.25. The minimum atomic E-state index is -3.68. The molecular formula is C30H35Cl2N3O4S. The van der Waals surface area contributed by atoms with E-state index in [1.54, 1.807) is 41.3 Å². The van der Waals surface area contributed by atoms with Crippen LogP contribution in [0, 0.1) is 0 Å². The fourth-order valence-electron chi connectivity index (χ4n) is 4.24. The van der Waals surface area contributed by atoms with E-state index in [1.807, 2.05) is 37.3 Å². The van der Waals surface area contributed by atoms with Crippen molar-refractivity contribution in [3.05, 3.63) is 100 Å². The van der Waals surface area contributed by atoms with Crippen LogP contribution in [0.2, 0.25) is 10.0 Å². The van der Waals surface area contributed by atoms with Crippen molar-refractivity contribution in [2.45, 2.75) is 50.1 Å². The lowest BCUT2D eigenvalue weighted by Crippen LogP contribution is -2.50. The van der Waals surface area contributed by atoms with Gasteiger partial charge in [0.2, 0.25) is 21.8 Å². The molecule has 0 aliphatic carbocycles. The summed E-state index contributed by atoms with van der Waals surface area (Å²) in [5.74, 6) is -0.531. The third-order valence-corrected chi connectivity index (χ3v) is 8.95. The van der Waals surface area contributed by atoms with Gasteiger partial charge in [-0.15, -0.1) is 0 Å². The van der Waals surface area contributed by atoms with Crippen LogP contribution in [0.4, 0.5) is 0 Å². The van der Waals surface area contributed by atoms with E-state index in [0.717, 1.165) is 12.0 Å². The maximum atomic E-state index is 13.7. The summed E-state index contributed by atoms with van der Waals surface area (Å²) in [7, 11) is -2.19. The van der Waals surface area contributed by atoms with Crippen LogP contribution >= 0.6 is 23.2 Å². The number of rotatable bonds is 14. The summed E-state index contributed by atoms with van der Waals surface area (Å²) in [6, 6.07) is 21.9. The Bertz CT molecular complexity index is 1370. The molecule has 3 aromatic rings. The van der Waals surface area contributed by atoms with Gasteiger partial charge in [-0.05, 0) is 48.2 Å². The van der Waals surface area contributed by atoms with Crippen molar-refractivity contribution >= 4 is 45.0 Å². The molecule has 0 aliphatic heterocycles. The summed E-state index contributed by atoms with van der Waals surface area (Å²) in [6.45, 7) is 2.69. The van der Waals surface area contributed by atoms with Crippen molar-refractivity contribution < 1.29 is 18.0 Å². The molecule has 0 heterocycles. The van der Waals surface area contributed by atoms with Gasteiger partial charge in [0.15, 0.2) is 0 Å². The van der Waals surface area contributed by atoms with Crippen LogP contribution in [-0.2, 0) is 32.6 Å². The molecule has 2 amide bonds. The Balaban J connectivity index is 1.84. The highest BCUT2D eigenvalue weighted by Gasteiger charge is 2.31. The molecule has 0 saturated heterocycles. The van der Waals surface area contributed by atoms with Gasteiger partial charge >= 0.3 is 0 Å². The first kappa shape index (κ1) is 31.6. The molecule has 3 aromatic carbocycles. The van der Waals surface area contributed by atoms with Crippen molar-refractivity contribution in [2.24, 2.45) is 0 Å².